The zero-order valence-electron chi connectivity index (χ0n) is 28.8. The van der Waals surface area contributed by atoms with Crippen molar-refractivity contribution in [3.63, 3.8) is 0 Å². The Kier molecular flexibility index (Phi) is 26.9. The van der Waals surface area contributed by atoms with Gasteiger partial charge in [-0.05, 0) is 44.9 Å². The van der Waals surface area contributed by atoms with Gasteiger partial charge >= 0.3 is 7.82 Å². The number of quaternary nitrogens is 1. The van der Waals surface area contributed by atoms with E-state index in [4.69, 9.17) is 9.05 Å². The molecule has 0 aromatic heterocycles. The van der Waals surface area contributed by atoms with Crippen LogP contribution in [0, 0.1) is 0 Å². The van der Waals surface area contributed by atoms with Crippen LogP contribution < -0.4 is 5.32 Å². The Bertz CT molecular complexity index is 965. The van der Waals surface area contributed by atoms with Gasteiger partial charge in [-0.2, -0.15) is 0 Å². The molecule has 0 radical (unpaired) electrons. The summed E-state index contributed by atoms with van der Waals surface area (Å²) in [5.74, 6) is -0.313. The molecule has 0 saturated heterocycles. The third-order valence-electron chi connectivity index (χ3n) is 6.71. The van der Waals surface area contributed by atoms with Crippen molar-refractivity contribution in [1.29, 1.82) is 0 Å². The number of nitrogens with one attached hydrogen (secondary N) is 1. The number of carbonyl (C=O) groups excluding carboxylic acids is 1. The molecule has 0 aliphatic rings. The van der Waals surface area contributed by atoms with Crippen molar-refractivity contribution in [3.8, 4) is 0 Å². The number of rotatable bonds is 28. The number of aliphatic hydroxyl groups excluding tert-OH is 1. The van der Waals surface area contributed by atoms with Crippen LogP contribution in [0.1, 0.15) is 97.3 Å². The molecule has 0 heterocycles. The fourth-order valence-electron chi connectivity index (χ4n) is 3.99. The first-order chi connectivity index (χ1) is 21.5. The maximum absolute atomic E-state index is 12.6. The zero-order chi connectivity index (χ0) is 33.7. The summed E-state index contributed by atoms with van der Waals surface area (Å²) in [4.78, 5) is 22.8. The third kappa shape index (κ3) is 30.4. The van der Waals surface area contributed by atoms with Gasteiger partial charge in [0.25, 0.3) is 0 Å². The smallest absolute Gasteiger partial charge is 0.387 e. The Morgan fingerprint density at radius 3 is 1.87 bits per heavy atom. The normalized spacial score (nSPS) is 15.8. The van der Waals surface area contributed by atoms with Gasteiger partial charge in [-0.1, -0.05) is 119 Å². The van der Waals surface area contributed by atoms with Gasteiger partial charge in [0.1, 0.15) is 13.2 Å². The first-order valence-corrected chi connectivity index (χ1v) is 18.3. The number of phosphoric acid groups is 1. The van der Waals surface area contributed by atoms with Gasteiger partial charge < -0.3 is 19.8 Å². The first kappa shape index (κ1) is 42.9. The quantitative estimate of drug-likeness (QED) is 0.0342. The SMILES string of the molecule is CC/C=C\C/C=C\C/C=C\C/C=C\C/C=C\CC(=O)NC(COP(=O)(O)OCC[N+](C)(C)C)C(O)/C=C/CCCCCCCC. The van der Waals surface area contributed by atoms with Gasteiger partial charge in [-0.15, -0.1) is 0 Å². The van der Waals surface area contributed by atoms with Crippen LogP contribution in [0.5, 0.6) is 0 Å². The molecule has 3 unspecified atom stereocenters. The largest absolute Gasteiger partial charge is 0.472 e. The van der Waals surface area contributed by atoms with Crippen LogP contribution >= 0.6 is 7.82 Å². The van der Waals surface area contributed by atoms with Gasteiger partial charge in [-0.3, -0.25) is 13.8 Å². The highest BCUT2D eigenvalue weighted by Gasteiger charge is 2.27. The van der Waals surface area contributed by atoms with Gasteiger partial charge in [0.15, 0.2) is 0 Å². The highest BCUT2D eigenvalue weighted by Crippen LogP contribution is 2.43. The maximum Gasteiger partial charge on any atom is 0.472 e. The summed E-state index contributed by atoms with van der Waals surface area (Å²) in [6, 6.07) is -0.900. The summed E-state index contributed by atoms with van der Waals surface area (Å²) in [5.41, 5.74) is 0. The van der Waals surface area contributed by atoms with Gasteiger partial charge in [-0.25, -0.2) is 4.57 Å². The van der Waals surface area contributed by atoms with Crippen molar-refractivity contribution >= 4 is 13.7 Å². The molecule has 0 spiro atoms. The van der Waals surface area contributed by atoms with Crippen molar-refractivity contribution in [2.45, 2.75) is 109 Å². The van der Waals surface area contributed by atoms with Crippen LogP contribution in [0.2, 0.25) is 0 Å². The van der Waals surface area contributed by atoms with Crippen LogP contribution in [0.15, 0.2) is 72.9 Å². The van der Waals surface area contributed by atoms with E-state index in [1.165, 1.54) is 25.7 Å². The number of likely N-dealkylation sites (N-methyl/N-ethyl adjacent to an activating group) is 1. The molecule has 0 aliphatic heterocycles. The molecule has 1 amide bonds. The minimum Gasteiger partial charge on any atom is -0.387 e. The molecule has 3 atom stereocenters. The fourth-order valence-corrected chi connectivity index (χ4v) is 4.72. The summed E-state index contributed by atoms with van der Waals surface area (Å²) < 4.78 is 23.2. The van der Waals surface area contributed by atoms with Crippen molar-refractivity contribution < 1.29 is 32.9 Å². The Hall–Kier alpha value is -2.06. The van der Waals surface area contributed by atoms with E-state index in [1.807, 2.05) is 33.3 Å². The van der Waals surface area contributed by atoms with E-state index >= 15 is 0 Å². The highest BCUT2D eigenvalue weighted by atomic mass is 31.2. The Labute approximate surface area is 274 Å². The Morgan fingerprint density at radius 2 is 1.31 bits per heavy atom. The maximum atomic E-state index is 12.6. The molecule has 0 aromatic carbocycles. The third-order valence-corrected chi connectivity index (χ3v) is 7.70. The number of phosphoric ester groups is 1. The predicted molar refractivity (Wildman–Crippen MR) is 189 cm³/mol. The second kappa shape index (κ2) is 28.2. The van der Waals surface area contributed by atoms with Gasteiger partial charge in [0.05, 0.1) is 39.9 Å². The van der Waals surface area contributed by atoms with E-state index in [9.17, 15) is 19.4 Å². The fraction of sp³-hybridized carbons (Fsp3) is 0.639. The molecule has 0 aliphatic carbocycles. The van der Waals surface area contributed by atoms with E-state index < -0.39 is 20.0 Å². The van der Waals surface area contributed by atoms with Crippen LogP contribution in [0.3, 0.4) is 0 Å². The minimum absolute atomic E-state index is 0.0408. The summed E-state index contributed by atoms with van der Waals surface area (Å²) in [5, 5.41) is 13.5. The van der Waals surface area contributed by atoms with Crippen LogP contribution in [0.4, 0.5) is 0 Å². The van der Waals surface area contributed by atoms with Crippen molar-refractivity contribution in [2.24, 2.45) is 0 Å². The number of aliphatic hydroxyl groups is 1. The molecule has 258 valence electrons. The molecule has 0 aromatic rings. The molecule has 3 N–H and O–H groups in total. The van der Waals surface area contributed by atoms with Crippen LogP contribution in [-0.2, 0) is 18.4 Å². The van der Waals surface area contributed by atoms with E-state index in [-0.39, 0.29) is 25.5 Å². The average molecular weight is 652 g/mol. The summed E-state index contributed by atoms with van der Waals surface area (Å²) in [6.07, 6.45) is 35.8. The number of allylic oxidation sites excluding steroid dienone is 10. The molecule has 0 rings (SSSR count). The van der Waals surface area contributed by atoms with Gasteiger partial charge in [0, 0.05) is 6.42 Å². The molecular formula is C36H64N2O6P+. The second-order valence-corrected chi connectivity index (χ2v) is 13.6. The van der Waals surface area contributed by atoms with E-state index in [0.717, 1.165) is 44.9 Å². The molecule has 8 nitrogen and oxygen atoms in total. The number of nitrogens with zero attached hydrogens (tertiary/aromatic N) is 1. The number of hydrogen-bond acceptors (Lipinski definition) is 5. The summed E-state index contributed by atoms with van der Waals surface area (Å²) in [6.45, 7) is 4.52. The second-order valence-electron chi connectivity index (χ2n) is 12.2. The number of amides is 1. The lowest BCUT2D eigenvalue weighted by molar-refractivity contribution is -0.870. The molecule has 45 heavy (non-hydrogen) atoms. The van der Waals surface area contributed by atoms with Crippen molar-refractivity contribution in [3.05, 3.63) is 72.9 Å². The average Bonchev–Trinajstić information content (AvgIpc) is 2.97. The Balaban J connectivity index is 4.76. The van der Waals surface area contributed by atoms with Gasteiger partial charge in [0.2, 0.25) is 5.91 Å². The lowest BCUT2D eigenvalue weighted by Crippen LogP contribution is -2.45. The minimum atomic E-state index is -4.35. The number of hydrogen-bond donors (Lipinski definition) is 3. The zero-order valence-corrected chi connectivity index (χ0v) is 29.7. The van der Waals surface area contributed by atoms with Crippen molar-refractivity contribution in [2.75, 3.05) is 40.9 Å². The molecule has 0 saturated carbocycles. The summed E-state index contributed by atoms with van der Waals surface area (Å²) >= 11 is 0. The first-order valence-electron chi connectivity index (χ1n) is 16.8. The summed E-state index contributed by atoms with van der Waals surface area (Å²) in [7, 11) is 1.50. The standard InChI is InChI=1S/C36H63N2O6P/c1-6-8-10-12-14-16-17-18-19-20-21-22-24-26-28-30-36(40)37-34(33-44-45(41,42)43-32-31-38(3,4)5)35(39)29-27-25-23-15-13-11-9-7-2/h8,10,14,16,18-19,21-22,26-29,34-35,39H,6-7,9,11-13,15,17,20,23-25,30-33H2,1-5H3,(H-,37,40,41,42)/p+1/b10-8-,16-14-,19-18-,22-21-,28-26-,29-27+. The van der Waals surface area contributed by atoms with E-state index in [0.29, 0.717) is 17.4 Å². The van der Waals surface area contributed by atoms with Crippen molar-refractivity contribution in [1.82, 2.24) is 5.32 Å². The van der Waals surface area contributed by atoms with E-state index in [2.05, 4.69) is 67.8 Å². The number of unbranched alkanes of at least 4 members (excludes halogenated alkanes) is 6. The lowest BCUT2D eigenvalue weighted by Gasteiger charge is -2.25. The van der Waals surface area contributed by atoms with Crippen LogP contribution in [-0.4, -0.2) is 73.4 Å². The topological polar surface area (TPSA) is 105 Å². The molecule has 0 bridgehead atoms. The highest BCUT2D eigenvalue weighted by molar-refractivity contribution is 7.47. The number of carbonyl (C=O) groups is 1. The molecule has 9 heteroatoms. The van der Waals surface area contributed by atoms with E-state index in [1.54, 1.807) is 12.2 Å². The predicted octanol–water partition coefficient (Wildman–Crippen LogP) is 8.12. The molecular weight excluding hydrogens is 587 g/mol. The monoisotopic (exact) mass is 651 g/mol. The lowest BCUT2D eigenvalue weighted by atomic mass is 10.1. The molecule has 0 fully saturated rings. The van der Waals surface area contributed by atoms with Crippen LogP contribution in [0.25, 0.3) is 0 Å². The Morgan fingerprint density at radius 1 is 0.778 bits per heavy atom.